The van der Waals surface area contributed by atoms with Gasteiger partial charge in [-0.15, -0.1) is 0 Å². The number of nitrogens with zero attached hydrogens (tertiary/aromatic N) is 3. The van der Waals surface area contributed by atoms with Gasteiger partial charge >= 0.3 is 0 Å². The lowest BCUT2D eigenvalue weighted by atomic mass is 10.2. The van der Waals surface area contributed by atoms with Crippen LogP contribution in [0.2, 0.25) is 0 Å². The van der Waals surface area contributed by atoms with Gasteiger partial charge in [0.25, 0.3) is 0 Å². The van der Waals surface area contributed by atoms with E-state index in [0.29, 0.717) is 0 Å². The van der Waals surface area contributed by atoms with Gasteiger partial charge in [-0.2, -0.15) is 0 Å². The molecule has 0 radical (unpaired) electrons. The van der Waals surface area contributed by atoms with E-state index >= 15 is 0 Å². The number of unbranched alkanes of at least 4 members (excludes halogenated alkanes) is 1. The third-order valence-corrected chi connectivity index (χ3v) is 2.17. The van der Waals surface area contributed by atoms with Crippen LogP contribution in [0.5, 0.6) is 0 Å². The Labute approximate surface area is 77.3 Å². The normalized spacial score (nSPS) is 19.0. The van der Waals surface area contributed by atoms with E-state index in [0.717, 1.165) is 17.1 Å². The molecule has 1 aromatic rings. The highest BCUT2D eigenvalue weighted by Crippen LogP contribution is 2.05. The largest absolute Gasteiger partial charge is 0.262 e. The molecule has 2 heterocycles. The maximum Gasteiger partial charge on any atom is 0.141 e. The molecule has 1 atom stereocenters. The van der Waals surface area contributed by atoms with E-state index in [2.05, 4.69) is 21.9 Å². The third kappa shape index (κ3) is 1.74. The molecule has 0 amide bonds. The summed E-state index contributed by atoms with van der Waals surface area (Å²) >= 11 is 0. The molecule has 1 aliphatic rings. The molecule has 0 fully saturated rings. The Bertz CT molecular complexity index is 362. The van der Waals surface area contributed by atoms with Gasteiger partial charge in [-0.25, -0.2) is 0 Å². The molecular formula is C10H13N3. The zero-order valence-electron chi connectivity index (χ0n) is 7.77. The Morgan fingerprint density at radius 3 is 2.92 bits per heavy atom. The van der Waals surface area contributed by atoms with Crippen LogP contribution < -0.4 is 10.7 Å². The maximum absolute atomic E-state index is 4.48. The number of hydrogen-bond acceptors (Lipinski definition) is 3. The summed E-state index contributed by atoms with van der Waals surface area (Å²) < 4.78 is 0. The first-order valence-corrected chi connectivity index (χ1v) is 4.76. The van der Waals surface area contributed by atoms with E-state index in [1.165, 1.54) is 12.8 Å². The molecule has 0 spiro atoms. The van der Waals surface area contributed by atoms with E-state index in [4.69, 9.17) is 0 Å². The van der Waals surface area contributed by atoms with Gasteiger partial charge in [-0.05, 0) is 18.9 Å². The molecule has 0 saturated heterocycles. The lowest BCUT2D eigenvalue weighted by Crippen LogP contribution is -2.20. The van der Waals surface area contributed by atoms with Gasteiger partial charge in [0.2, 0.25) is 0 Å². The van der Waals surface area contributed by atoms with Crippen LogP contribution in [0.1, 0.15) is 26.2 Å². The Morgan fingerprint density at radius 1 is 1.31 bits per heavy atom. The van der Waals surface area contributed by atoms with Crippen LogP contribution in [0.3, 0.4) is 0 Å². The molecule has 1 aliphatic heterocycles. The summed E-state index contributed by atoms with van der Waals surface area (Å²) in [7, 11) is 0. The van der Waals surface area contributed by atoms with Gasteiger partial charge in [0.1, 0.15) is 11.5 Å². The predicted molar refractivity (Wildman–Crippen MR) is 49.9 cm³/mol. The minimum atomic E-state index is 0.152. The van der Waals surface area contributed by atoms with Crippen molar-refractivity contribution < 1.29 is 0 Å². The molecule has 0 aromatic carbocycles. The van der Waals surface area contributed by atoms with Crippen LogP contribution >= 0.6 is 0 Å². The number of aromatic nitrogens is 1. The van der Waals surface area contributed by atoms with Crippen molar-refractivity contribution in [3.05, 3.63) is 29.2 Å². The molecular weight excluding hydrogens is 162 g/mol. The molecule has 13 heavy (non-hydrogen) atoms. The number of hydrogen-bond donors (Lipinski definition) is 0. The first-order chi connectivity index (χ1) is 6.40. The lowest BCUT2D eigenvalue weighted by molar-refractivity contribution is 0.596. The smallest absolute Gasteiger partial charge is 0.141 e. The minimum absolute atomic E-state index is 0.152. The van der Waals surface area contributed by atoms with Crippen LogP contribution in [-0.4, -0.2) is 11.1 Å². The van der Waals surface area contributed by atoms with Gasteiger partial charge < -0.3 is 0 Å². The summed E-state index contributed by atoms with van der Waals surface area (Å²) in [6.07, 6.45) is 7.16. The van der Waals surface area contributed by atoms with Gasteiger partial charge in [-0.1, -0.05) is 13.3 Å². The Balaban J connectivity index is 2.20. The highest BCUT2D eigenvalue weighted by Gasteiger charge is 2.08. The van der Waals surface area contributed by atoms with Gasteiger partial charge in [0.15, 0.2) is 0 Å². The second-order valence-corrected chi connectivity index (χ2v) is 3.25. The van der Waals surface area contributed by atoms with Crippen LogP contribution in [-0.2, 0) is 0 Å². The van der Waals surface area contributed by atoms with Crippen molar-refractivity contribution in [2.75, 3.05) is 0 Å². The first kappa shape index (κ1) is 8.35. The maximum atomic E-state index is 4.48. The SMILES string of the molecule is CCCCC1N=c2ccncc2=N1. The summed E-state index contributed by atoms with van der Waals surface area (Å²) in [6.45, 7) is 2.18. The average Bonchev–Trinajstić information content (AvgIpc) is 2.57. The molecule has 1 aromatic heterocycles. The monoisotopic (exact) mass is 175 g/mol. The summed E-state index contributed by atoms with van der Waals surface area (Å²) in [4.78, 5) is 13.0. The lowest BCUT2D eigenvalue weighted by Gasteiger charge is -2.00. The van der Waals surface area contributed by atoms with Crippen LogP contribution in [0.15, 0.2) is 28.4 Å². The van der Waals surface area contributed by atoms with Crippen molar-refractivity contribution in [2.45, 2.75) is 32.4 Å². The summed E-state index contributed by atoms with van der Waals surface area (Å²) in [5.41, 5.74) is 0. The predicted octanol–water partition coefficient (Wildman–Crippen LogP) is 0.851. The van der Waals surface area contributed by atoms with Crippen molar-refractivity contribution in [3.63, 3.8) is 0 Å². The van der Waals surface area contributed by atoms with E-state index in [1.54, 1.807) is 12.4 Å². The molecule has 0 N–H and O–H groups in total. The minimum Gasteiger partial charge on any atom is -0.262 e. The fraction of sp³-hybridized carbons (Fsp3) is 0.500. The van der Waals surface area contributed by atoms with E-state index in [-0.39, 0.29) is 6.17 Å². The van der Waals surface area contributed by atoms with Crippen molar-refractivity contribution >= 4 is 0 Å². The van der Waals surface area contributed by atoms with Crippen molar-refractivity contribution in [1.82, 2.24) is 4.98 Å². The molecule has 0 aliphatic carbocycles. The quantitative estimate of drug-likeness (QED) is 0.671. The van der Waals surface area contributed by atoms with Crippen molar-refractivity contribution in [1.29, 1.82) is 0 Å². The molecule has 2 rings (SSSR count). The fourth-order valence-corrected chi connectivity index (χ4v) is 1.45. The summed E-state index contributed by atoms with van der Waals surface area (Å²) in [5, 5.41) is 1.94. The van der Waals surface area contributed by atoms with Crippen molar-refractivity contribution in [2.24, 2.45) is 9.98 Å². The average molecular weight is 175 g/mol. The Hall–Kier alpha value is -1.25. The van der Waals surface area contributed by atoms with Crippen LogP contribution in [0.4, 0.5) is 0 Å². The zero-order valence-corrected chi connectivity index (χ0v) is 7.77. The first-order valence-electron chi connectivity index (χ1n) is 4.76. The molecule has 3 nitrogen and oxygen atoms in total. The van der Waals surface area contributed by atoms with Gasteiger partial charge in [-0.3, -0.25) is 15.0 Å². The number of pyridine rings is 1. The topological polar surface area (TPSA) is 37.6 Å². The standard InChI is InChI=1S/C10H13N3/c1-2-3-4-10-12-8-5-6-11-7-9(8)13-10/h5-7,10H,2-4H2,1H3. The van der Waals surface area contributed by atoms with Gasteiger partial charge in [0, 0.05) is 6.20 Å². The van der Waals surface area contributed by atoms with Gasteiger partial charge in [0.05, 0.1) is 11.6 Å². The fourth-order valence-electron chi connectivity index (χ4n) is 1.45. The Kier molecular flexibility index (Phi) is 2.34. The van der Waals surface area contributed by atoms with E-state index in [9.17, 15) is 0 Å². The Morgan fingerprint density at radius 2 is 2.15 bits per heavy atom. The number of rotatable bonds is 3. The zero-order chi connectivity index (χ0) is 9.10. The molecule has 1 unspecified atom stereocenters. The van der Waals surface area contributed by atoms with E-state index in [1.807, 2.05) is 6.07 Å². The molecule has 0 saturated carbocycles. The van der Waals surface area contributed by atoms with Crippen molar-refractivity contribution in [3.8, 4) is 0 Å². The third-order valence-electron chi connectivity index (χ3n) is 2.17. The molecule has 0 bridgehead atoms. The highest BCUT2D eigenvalue weighted by atomic mass is 15.0. The second-order valence-electron chi connectivity index (χ2n) is 3.25. The van der Waals surface area contributed by atoms with Crippen LogP contribution in [0.25, 0.3) is 0 Å². The molecule has 68 valence electrons. The van der Waals surface area contributed by atoms with E-state index < -0.39 is 0 Å². The van der Waals surface area contributed by atoms with Crippen LogP contribution in [0, 0.1) is 0 Å². The highest BCUT2D eigenvalue weighted by molar-refractivity contribution is 4.96. The number of fused-ring (bicyclic) bond motifs is 1. The second kappa shape index (κ2) is 3.64. The summed E-state index contributed by atoms with van der Waals surface area (Å²) in [6, 6.07) is 1.92. The molecule has 3 heteroatoms. The summed E-state index contributed by atoms with van der Waals surface area (Å²) in [5.74, 6) is 0.